The van der Waals surface area contributed by atoms with E-state index in [1.54, 1.807) is 0 Å². The molecule has 0 bridgehead atoms. The fraction of sp³-hybridized carbons (Fsp3) is 0.407. The minimum atomic E-state index is -0.114. The van der Waals surface area contributed by atoms with Gasteiger partial charge in [-0.05, 0) is 65.5 Å². The Kier molecular flexibility index (Phi) is 9.98. The highest BCUT2D eigenvalue weighted by atomic mass is 16.2. The zero-order valence-corrected chi connectivity index (χ0v) is 20.7. The zero-order valence-electron chi connectivity index (χ0n) is 20.7. The van der Waals surface area contributed by atoms with Crippen molar-refractivity contribution in [3.05, 3.63) is 69.8 Å². The van der Waals surface area contributed by atoms with E-state index >= 15 is 0 Å². The van der Waals surface area contributed by atoms with Crippen LogP contribution in [0, 0.1) is 27.7 Å². The van der Waals surface area contributed by atoms with Crippen LogP contribution in [0.25, 0.3) is 0 Å². The van der Waals surface area contributed by atoms with Gasteiger partial charge in [-0.25, -0.2) is 10.9 Å². The van der Waals surface area contributed by atoms with Crippen LogP contribution in [0.4, 0.5) is 0 Å². The molecule has 0 unspecified atom stereocenters. The maximum Gasteiger partial charge on any atom is 0.240 e. The number of carbonyl (C=O) groups is 2. The number of nitrogens with one attached hydrogen (secondary N) is 2. The second-order valence-electron chi connectivity index (χ2n) is 8.66. The Hall–Kier alpha value is -3.28. The van der Waals surface area contributed by atoms with Crippen LogP contribution in [0.3, 0.4) is 0 Å². The number of nitrogens with zero attached hydrogens (tertiary/aromatic N) is 2. The summed E-state index contributed by atoms with van der Waals surface area (Å²) >= 11 is 0. The van der Waals surface area contributed by atoms with Crippen molar-refractivity contribution < 1.29 is 9.59 Å². The van der Waals surface area contributed by atoms with Gasteiger partial charge in [-0.1, -0.05) is 53.9 Å². The summed E-state index contributed by atoms with van der Waals surface area (Å²) in [6.07, 6.45) is 2.98. The number of hydrazone groups is 2. The second-order valence-corrected chi connectivity index (χ2v) is 8.66. The lowest BCUT2D eigenvalue weighted by Gasteiger charge is -2.07. The molecule has 6 heteroatoms. The fourth-order valence-corrected chi connectivity index (χ4v) is 3.71. The van der Waals surface area contributed by atoms with Crippen molar-refractivity contribution in [2.24, 2.45) is 10.2 Å². The minimum Gasteiger partial charge on any atom is -0.273 e. The van der Waals surface area contributed by atoms with Crippen molar-refractivity contribution in [2.75, 3.05) is 0 Å². The van der Waals surface area contributed by atoms with Crippen LogP contribution < -0.4 is 10.9 Å². The summed E-state index contributed by atoms with van der Waals surface area (Å²) in [5, 5.41) is 8.45. The van der Waals surface area contributed by atoms with Gasteiger partial charge >= 0.3 is 0 Å². The summed E-state index contributed by atoms with van der Waals surface area (Å²) in [5.74, 6) is -0.227. The van der Waals surface area contributed by atoms with Gasteiger partial charge in [-0.3, -0.25) is 9.59 Å². The highest BCUT2D eigenvalue weighted by Crippen LogP contribution is 2.12. The maximum atomic E-state index is 12.1. The van der Waals surface area contributed by atoms with Gasteiger partial charge in [0.1, 0.15) is 0 Å². The molecule has 2 aromatic rings. The Balaban J connectivity index is 1.67. The first kappa shape index (κ1) is 26.0. The largest absolute Gasteiger partial charge is 0.273 e. The first-order valence-corrected chi connectivity index (χ1v) is 11.5. The Morgan fingerprint density at radius 3 is 1.42 bits per heavy atom. The van der Waals surface area contributed by atoms with Crippen molar-refractivity contribution in [3.63, 3.8) is 0 Å². The number of rotatable bonds is 10. The topological polar surface area (TPSA) is 82.9 Å². The Morgan fingerprint density at radius 2 is 1.06 bits per heavy atom. The fourth-order valence-electron chi connectivity index (χ4n) is 3.71. The van der Waals surface area contributed by atoms with E-state index in [4.69, 9.17) is 0 Å². The van der Waals surface area contributed by atoms with Gasteiger partial charge in [0, 0.05) is 24.0 Å². The Morgan fingerprint density at radius 1 is 0.667 bits per heavy atom. The first-order valence-electron chi connectivity index (χ1n) is 11.5. The summed E-state index contributed by atoms with van der Waals surface area (Å²) in [6.45, 7) is 12.0. The summed E-state index contributed by atoms with van der Waals surface area (Å²) < 4.78 is 0. The molecule has 0 aliphatic heterocycles. The minimum absolute atomic E-state index is 0.114. The summed E-state index contributed by atoms with van der Waals surface area (Å²) in [5.41, 5.74) is 13.6. The van der Waals surface area contributed by atoms with Gasteiger partial charge in [0.25, 0.3) is 0 Å². The lowest BCUT2D eigenvalue weighted by molar-refractivity contribution is -0.121. The number of unbranched alkanes of at least 4 members (excludes halogenated alkanes) is 2. The number of benzene rings is 2. The van der Waals surface area contributed by atoms with E-state index in [0.29, 0.717) is 25.7 Å². The van der Waals surface area contributed by atoms with Gasteiger partial charge in [0.15, 0.2) is 0 Å². The molecular formula is C27H36N4O2. The van der Waals surface area contributed by atoms with E-state index in [0.717, 1.165) is 40.1 Å². The molecule has 33 heavy (non-hydrogen) atoms. The van der Waals surface area contributed by atoms with E-state index in [-0.39, 0.29) is 11.8 Å². The van der Waals surface area contributed by atoms with Gasteiger partial charge < -0.3 is 0 Å². The van der Waals surface area contributed by atoms with Crippen molar-refractivity contribution >= 4 is 23.2 Å². The van der Waals surface area contributed by atoms with Gasteiger partial charge in [0.2, 0.25) is 11.8 Å². The smallest absolute Gasteiger partial charge is 0.240 e. The second kappa shape index (κ2) is 12.7. The van der Waals surface area contributed by atoms with Crippen molar-refractivity contribution in [3.8, 4) is 0 Å². The van der Waals surface area contributed by atoms with Crippen LogP contribution in [-0.4, -0.2) is 23.2 Å². The molecule has 0 aromatic heterocycles. The summed E-state index contributed by atoms with van der Waals surface area (Å²) in [7, 11) is 0. The molecule has 0 atom stereocenters. The van der Waals surface area contributed by atoms with Crippen LogP contribution >= 0.6 is 0 Å². The van der Waals surface area contributed by atoms with Crippen molar-refractivity contribution in [1.82, 2.24) is 10.9 Å². The highest BCUT2D eigenvalue weighted by molar-refractivity contribution is 6.01. The molecule has 0 saturated heterocycles. The van der Waals surface area contributed by atoms with E-state index in [1.165, 1.54) is 11.1 Å². The molecule has 0 aliphatic carbocycles. The maximum absolute atomic E-state index is 12.1. The van der Waals surface area contributed by atoms with Crippen LogP contribution in [0.15, 0.2) is 46.6 Å². The molecule has 0 saturated carbocycles. The Labute approximate surface area is 197 Å². The predicted octanol–water partition coefficient (Wildman–Crippen LogP) is 5.25. The third kappa shape index (κ3) is 8.64. The third-order valence-corrected chi connectivity index (χ3v) is 5.55. The van der Waals surface area contributed by atoms with Crippen LogP contribution in [0.2, 0.25) is 0 Å². The standard InChI is InChI=1S/C27H36N4O2/c1-18-12-14-24(20(3)16-18)22(5)28-30-26(32)10-8-7-9-11-27(33)31-29-23(6)25-15-13-19(2)17-21(25)4/h12-17H,7-11H2,1-6H3,(H,30,32)(H,31,33). The quantitative estimate of drug-likeness (QED) is 0.296. The van der Waals surface area contributed by atoms with Gasteiger partial charge in [-0.2, -0.15) is 10.2 Å². The normalized spacial score (nSPS) is 11.9. The summed E-state index contributed by atoms with van der Waals surface area (Å²) in [6, 6.07) is 12.3. The lowest BCUT2D eigenvalue weighted by Crippen LogP contribution is -2.20. The zero-order chi connectivity index (χ0) is 24.4. The molecule has 0 heterocycles. The molecule has 176 valence electrons. The highest BCUT2D eigenvalue weighted by Gasteiger charge is 2.06. The average molecular weight is 449 g/mol. The van der Waals surface area contributed by atoms with Gasteiger partial charge in [0.05, 0.1) is 11.4 Å². The molecule has 0 radical (unpaired) electrons. The number of amides is 2. The lowest BCUT2D eigenvalue weighted by atomic mass is 10.0. The molecule has 6 nitrogen and oxygen atoms in total. The number of hydrogen-bond acceptors (Lipinski definition) is 4. The number of hydrogen-bond donors (Lipinski definition) is 2. The van der Waals surface area contributed by atoms with E-state index in [2.05, 4.69) is 47.0 Å². The van der Waals surface area contributed by atoms with E-state index < -0.39 is 0 Å². The molecule has 0 aliphatic rings. The van der Waals surface area contributed by atoms with E-state index in [1.807, 2.05) is 52.0 Å². The number of aryl methyl sites for hydroxylation is 4. The molecule has 2 amide bonds. The van der Waals surface area contributed by atoms with Gasteiger partial charge in [-0.15, -0.1) is 0 Å². The van der Waals surface area contributed by atoms with Crippen molar-refractivity contribution in [1.29, 1.82) is 0 Å². The molecule has 0 spiro atoms. The van der Waals surface area contributed by atoms with Crippen LogP contribution in [0.5, 0.6) is 0 Å². The van der Waals surface area contributed by atoms with E-state index in [9.17, 15) is 9.59 Å². The molecular weight excluding hydrogens is 412 g/mol. The molecule has 0 fully saturated rings. The Bertz CT molecular complexity index is 971. The molecule has 2 aromatic carbocycles. The first-order chi connectivity index (χ1) is 15.7. The molecule has 2 rings (SSSR count). The monoisotopic (exact) mass is 448 g/mol. The summed E-state index contributed by atoms with van der Waals surface area (Å²) in [4.78, 5) is 24.1. The predicted molar refractivity (Wildman–Crippen MR) is 136 cm³/mol. The third-order valence-electron chi connectivity index (χ3n) is 5.55. The molecule has 2 N–H and O–H groups in total. The van der Waals surface area contributed by atoms with Crippen LogP contribution in [0.1, 0.15) is 79.3 Å². The average Bonchev–Trinajstić information content (AvgIpc) is 2.75. The van der Waals surface area contributed by atoms with Crippen LogP contribution in [-0.2, 0) is 9.59 Å². The van der Waals surface area contributed by atoms with Crippen molar-refractivity contribution in [2.45, 2.75) is 73.6 Å². The SMILES string of the molecule is CC(=NNC(=O)CCCCCC(=O)NN=C(C)c1ccc(C)cc1C)c1ccc(C)cc1C. The number of carbonyl (C=O) groups excluding carboxylic acids is 2.